The van der Waals surface area contributed by atoms with Gasteiger partial charge >= 0.3 is 12.3 Å². The minimum absolute atomic E-state index is 0.0135. The van der Waals surface area contributed by atoms with E-state index in [0.29, 0.717) is 17.2 Å². The molecule has 0 aromatic heterocycles. The molecule has 18 heteroatoms. The number of hydrogen-bond acceptors (Lipinski definition) is 13. The first kappa shape index (κ1) is 48.5. The summed E-state index contributed by atoms with van der Waals surface area (Å²) in [6, 6.07) is 27.4. The summed E-state index contributed by atoms with van der Waals surface area (Å²) in [7, 11) is -5.87. The third-order valence-electron chi connectivity index (χ3n) is 8.45. The molecule has 0 heterocycles. The molecule has 0 atom stereocenters. The Morgan fingerprint density at radius 1 is 0.469 bits per heavy atom. The third-order valence-corrected chi connectivity index (χ3v) is 9.31. The van der Waals surface area contributed by atoms with Crippen molar-refractivity contribution >= 4 is 22.4 Å². The maximum atomic E-state index is 14.3. The molecule has 0 N–H and O–H groups in total. The van der Waals surface area contributed by atoms with Crippen molar-refractivity contribution in [2.24, 2.45) is 0 Å². The molecule has 0 aliphatic rings. The molecule has 0 aliphatic heterocycles. The molecule has 342 valence electrons. The lowest BCUT2D eigenvalue weighted by atomic mass is 9.93. The van der Waals surface area contributed by atoms with E-state index >= 15 is 0 Å². The summed E-state index contributed by atoms with van der Waals surface area (Å²) < 4.78 is 133. The van der Waals surface area contributed by atoms with Crippen LogP contribution in [0.5, 0.6) is 23.0 Å². The average molecular weight is 914 g/mol. The number of rotatable bonds is 17. The van der Waals surface area contributed by atoms with Gasteiger partial charge in [0.15, 0.2) is 17.4 Å². The fourth-order valence-corrected chi connectivity index (χ4v) is 6.35. The molecule has 0 amide bonds. The summed E-state index contributed by atoms with van der Waals surface area (Å²) in [5, 5.41) is 0. The van der Waals surface area contributed by atoms with Crippen LogP contribution in [-0.4, -0.2) is 76.1 Å². The zero-order valence-corrected chi connectivity index (χ0v) is 36.4. The van der Waals surface area contributed by atoms with E-state index in [1.54, 1.807) is 90.1 Å². The summed E-state index contributed by atoms with van der Waals surface area (Å²) in [6.07, 6.45) is -1.58. The minimum atomic E-state index is -5.87. The molecule has 5 aromatic carbocycles. The topological polar surface area (TPSA) is 165 Å². The average Bonchev–Trinajstić information content (AvgIpc) is 3.22. The maximum Gasteiger partial charge on any atom is 0.508 e. The van der Waals surface area contributed by atoms with Crippen LogP contribution in [0.25, 0.3) is 33.4 Å². The Labute approximate surface area is 367 Å². The van der Waals surface area contributed by atoms with E-state index in [1.807, 2.05) is 42.5 Å². The highest BCUT2D eigenvalue weighted by Crippen LogP contribution is 2.36. The van der Waals surface area contributed by atoms with Gasteiger partial charge in [0.25, 0.3) is 0 Å². The lowest BCUT2D eigenvalue weighted by Crippen LogP contribution is -2.25. The molecule has 64 heavy (non-hydrogen) atoms. The van der Waals surface area contributed by atoms with E-state index < -0.39 is 74.2 Å². The second-order valence-corrected chi connectivity index (χ2v) is 17.1. The number of benzene rings is 5. The molecule has 0 saturated heterocycles. The van der Waals surface area contributed by atoms with Crippen molar-refractivity contribution in [2.45, 2.75) is 57.6 Å². The number of carbonyl (C=O) groups excluding carboxylic acids is 2. The van der Waals surface area contributed by atoms with E-state index in [1.165, 1.54) is 0 Å². The van der Waals surface area contributed by atoms with Crippen molar-refractivity contribution in [3.63, 3.8) is 0 Å². The molecule has 0 radical (unpaired) electrons. The van der Waals surface area contributed by atoms with E-state index in [4.69, 9.17) is 37.9 Å². The normalized spacial score (nSPS) is 11.7. The lowest BCUT2D eigenvalue weighted by molar-refractivity contribution is -0.0124. The van der Waals surface area contributed by atoms with Crippen LogP contribution in [-0.2, 0) is 29.1 Å². The highest BCUT2D eigenvalue weighted by molar-refractivity contribution is 7.85. The fraction of sp³-hybridized carbons (Fsp3) is 0.304. The van der Waals surface area contributed by atoms with Crippen molar-refractivity contribution < 1.29 is 78.0 Å². The lowest BCUT2D eigenvalue weighted by Gasteiger charge is -2.18. The second kappa shape index (κ2) is 20.8. The molecular weight excluding hydrogens is 869 g/mol. The molecule has 0 spiro atoms. The van der Waals surface area contributed by atoms with Gasteiger partial charge in [-0.3, -0.25) is 0 Å². The van der Waals surface area contributed by atoms with Gasteiger partial charge < -0.3 is 42.4 Å². The van der Waals surface area contributed by atoms with Gasteiger partial charge in [-0.15, -0.1) is 0 Å². The molecule has 0 fully saturated rings. The SMILES string of the molecule is CC(C)(C)OC(=O)OCCOc1ccc(-c2cc(-c3ccc(OCCOC(=O)OC(C)(C)C)cc3)cc(-c3ccc(OCCOc4c(F)c(F)c(S(=O)(=O)[O-])c(F)c4F)cc3)c2)cc1. The zero-order chi connectivity index (χ0) is 46.8. The predicted molar refractivity (Wildman–Crippen MR) is 223 cm³/mol. The fourth-order valence-electron chi connectivity index (χ4n) is 5.73. The Bertz CT molecular complexity index is 2390. The van der Waals surface area contributed by atoms with Crippen molar-refractivity contribution in [2.75, 3.05) is 39.6 Å². The Morgan fingerprint density at radius 3 is 1.06 bits per heavy atom. The molecular formula is C46H45F4O13S-. The molecule has 13 nitrogen and oxygen atoms in total. The van der Waals surface area contributed by atoms with Crippen LogP contribution >= 0.6 is 0 Å². The highest BCUT2D eigenvalue weighted by Gasteiger charge is 2.30. The van der Waals surface area contributed by atoms with Gasteiger partial charge in [0.1, 0.15) is 83.1 Å². The van der Waals surface area contributed by atoms with Crippen LogP contribution in [0, 0.1) is 23.3 Å². The van der Waals surface area contributed by atoms with E-state index in [9.17, 15) is 40.1 Å². The quantitative estimate of drug-likeness (QED) is 0.0285. The molecule has 5 rings (SSSR count). The Balaban J connectivity index is 1.30. The number of halogens is 4. The molecule has 5 aromatic rings. The van der Waals surface area contributed by atoms with Crippen LogP contribution in [0.4, 0.5) is 27.2 Å². The third kappa shape index (κ3) is 14.0. The summed E-state index contributed by atoms with van der Waals surface area (Å²) in [6.45, 7) is 9.61. The molecule has 0 aliphatic carbocycles. The van der Waals surface area contributed by atoms with Crippen molar-refractivity contribution in [3.05, 3.63) is 114 Å². The van der Waals surface area contributed by atoms with Crippen LogP contribution in [0.1, 0.15) is 41.5 Å². The maximum absolute atomic E-state index is 14.3. The predicted octanol–water partition coefficient (Wildman–Crippen LogP) is 10.3. The van der Waals surface area contributed by atoms with Crippen LogP contribution in [0.2, 0.25) is 0 Å². The Morgan fingerprint density at radius 2 is 0.766 bits per heavy atom. The van der Waals surface area contributed by atoms with Crippen molar-refractivity contribution in [3.8, 4) is 56.4 Å². The first-order chi connectivity index (χ1) is 30.1. The molecule has 0 bridgehead atoms. The largest absolute Gasteiger partial charge is 0.744 e. The highest BCUT2D eigenvalue weighted by atomic mass is 32.2. The number of ether oxygens (including phenoxy) is 8. The Hall–Kier alpha value is -6.53. The van der Waals surface area contributed by atoms with Gasteiger partial charge in [-0.2, -0.15) is 8.78 Å². The van der Waals surface area contributed by atoms with Gasteiger partial charge in [-0.05, 0) is 130 Å². The van der Waals surface area contributed by atoms with Crippen molar-refractivity contribution in [1.29, 1.82) is 0 Å². The van der Waals surface area contributed by atoms with Crippen molar-refractivity contribution in [1.82, 2.24) is 0 Å². The number of carbonyl (C=O) groups is 2. The first-order valence-electron chi connectivity index (χ1n) is 19.6. The van der Waals surface area contributed by atoms with Gasteiger partial charge in [-0.1, -0.05) is 36.4 Å². The molecule has 0 saturated carbocycles. The van der Waals surface area contributed by atoms with Gasteiger partial charge in [0.05, 0.1) is 0 Å². The van der Waals surface area contributed by atoms with E-state index in [0.717, 1.165) is 33.4 Å². The molecule has 0 unspecified atom stereocenters. The summed E-state index contributed by atoms with van der Waals surface area (Å²) in [5.41, 5.74) is 3.59. The van der Waals surface area contributed by atoms with E-state index in [2.05, 4.69) is 0 Å². The second-order valence-electron chi connectivity index (χ2n) is 15.8. The number of hydrogen-bond donors (Lipinski definition) is 0. The smallest absolute Gasteiger partial charge is 0.508 e. The Kier molecular flexibility index (Phi) is 15.7. The van der Waals surface area contributed by atoms with Crippen LogP contribution in [0.3, 0.4) is 0 Å². The summed E-state index contributed by atoms with van der Waals surface area (Å²) in [5.74, 6) is -9.32. The van der Waals surface area contributed by atoms with Gasteiger partial charge in [-0.25, -0.2) is 26.8 Å². The summed E-state index contributed by atoms with van der Waals surface area (Å²) >= 11 is 0. The van der Waals surface area contributed by atoms with Gasteiger partial charge in [0, 0.05) is 0 Å². The minimum Gasteiger partial charge on any atom is -0.744 e. The zero-order valence-electron chi connectivity index (χ0n) is 35.6. The standard InChI is InChI=1S/C46H46F4O13S/c1-45(2,3)62-43(51)60-23-20-57-35-15-9-29(10-16-35)32-25-31(26-33(27-32)30-11-17-36(18-12-30)58-21-24-61-44(52)63-46(4,5)6)28-7-13-34(14-8-28)56-19-22-59-41-37(47)39(49)42(64(53,54)55)40(50)38(41)48/h7-18,25-27H,19-24H2,1-6H3,(H,53,54,55)/p-1. The first-order valence-corrected chi connectivity index (χ1v) is 21.0. The van der Waals surface area contributed by atoms with E-state index in [-0.39, 0.29) is 33.0 Å². The van der Waals surface area contributed by atoms with Gasteiger partial charge in [0.2, 0.25) is 11.6 Å². The van der Waals surface area contributed by atoms with Crippen LogP contribution in [0.15, 0.2) is 95.9 Å². The monoisotopic (exact) mass is 913 g/mol. The summed E-state index contributed by atoms with van der Waals surface area (Å²) in [4.78, 5) is 21.4. The van der Waals surface area contributed by atoms with Crippen LogP contribution < -0.4 is 18.9 Å².